The van der Waals surface area contributed by atoms with E-state index < -0.39 is 24.3 Å². The number of carboxylic acids is 1. The third-order valence-electron chi connectivity index (χ3n) is 3.92. The van der Waals surface area contributed by atoms with E-state index in [9.17, 15) is 20.1 Å². The molecule has 0 aliphatic rings. The molecule has 0 fully saturated rings. The van der Waals surface area contributed by atoms with Crippen LogP contribution in [-0.4, -0.2) is 44.7 Å². The van der Waals surface area contributed by atoms with Gasteiger partial charge in [0.25, 0.3) is 0 Å². The number of unbranched alkanes of at least 4 members (excludes halogenated alkanes) is 6. The molecule has 0 aliphatic carbocycles. The van der Waals surface area contributed by atoms with Crippen LogP contribution in [0.25, 0.3) is 0 Å². The van der Waals surface area contributed by atoms with E-state index in [-0.39, 0.29) is 6.42 Å². The number of rotatable bonds is 15. The summed E-state index contributed by atoms with van der Waals surface area (Å²) in [6, 6.07) is 0. The van der Waals surface area contributed by atoms with Gasteiger partial charge in [0.05, 0.1) is 18.3 Å². The van der Waals surface area contributed by atoms with E-state index in [0.29, 0.717) is 19.3 Å². The smallest absolute Gasteiger partial charge is 0.303 e. The molecular weight excluding hydrogens is 296 g/mol. The summed E-state index contributed by atoms with van der Waals surface area (Å²) in [5.41, 5.74) is 0. The maximum absolute atomic E-state index is 10.4. The average molecular weight is 330 g/mol. The largest absolute Gasteiger partial charge is 0.481 e. The van der Waals surface area contributed by atoms with Crippen LogP contribution in [-0.2, 0) is 4.79 Å². The third kappa shape index (κ3) is 14.4. The van der Waals surface area contributed by atoms with Gasteiger partial charge in [-0.2, -0.15) is 0 Å². The first-order chi connectivity index (χ1) is 11.0. The Kier molecular flexibility index (Phi) is 14.1. The van der Waals surface area contributed by atoms with Gasteiger partial charge in [-0.1, -0.05) is 64.0 Å². The molecule has 0 aromatic rings. The first-order valence-corrected chi connectivity index (χ1v) is 8.91. The summed E-state index contributed by atoms with van der Waals surface area (Å²) in [5, 5.41) is 37.9. The summed E-state index contributed by atoms with van der Waals surface area (Å²) in [6.07, 6.45) is 9.55. The molecule has 3 atom stereocenters. The molecule has 0 saturated heterocycles. The standard InChI is InChI=1S/C18H34O5/c1-2-3-7-10-15(19)13-14-17(21)16(20)11-8-5-4-6-9-12-18(22)23/h13-17,19-21H,2-12H2,1H3,(H,22,23)/b14-13+/t15-,16-,17+/m1/s1. The van der Waals surface area contributed by atoms with Crippen molar-refractivity contribution in [1.29, 1.82) is 0 Å². The van der Waals surface area contributed by atoms with Crippen molar-refractivity contribution in [2.45, 2.75) is 95.9 Å². The molecule has 5 heteroatoms. The second-order valence-electron chi connectivity index (χ2n) is 6.21. The Morgan fingerprint density at radius 1 is 0.870 bits per heavy atom. The molecule has 0 rings (SSSR count). The van der Waals surface area contributed by atoms with Crippen molar-refractivity contribution in [3.63, 3.8) is 0 Å². The fraction of sp³-hybridized carbons (Fsp3) is 0.833. The zero-order valence-corrected chi connectivity index (χ0v) is 14.4. The minimum atomic E-state index is -0.942. The monoisotopic (exact) mass is 330 g/mol. The van der Waals surface area contributed by atoms with Crippen molar-refractivity contribution in [2.24, 2.45) is 0 Å². The highest BCUT2D eigenvalue weighted by Crippen LogP contribution is 2.12. The van der Waals surface area contributed by atoms with Crippen molar-refractivity contribution in [3.8, 4) is 0 Å². The van der Waals surface area contributed by atoms with Crippen LogP contribution in [0.15, 0.2) is 12.2 Å². The molecule has 0 aromatic carbocycles. The predicted molar refractivity (Wildman–Crippen MR) is 91.3 cm³/mol. The van der Waals surface area contributed by atoms with Crippen LogP contribution < -0.4 is 0 Å². The molecule has 0 radical (unpaired) electrons. The van der Waals surface area contributed by atoms with E-state index in [1.807, 2.05) is 0 Å². The van der Waals surface area contributed by atoms with E-state index in [0.717, 1.165) is 44.9 Å². The lowest BCUT2D eigenvalue weighted by atomic mass is 10.0. The second kappa shape index (κ2) is 14.7. The van der Waals surface area contributed by atoms with Crippen LogP contribution in [0, 0.1) is 0 Å². The van der Waals surface area contributed by atoms with Gasteiger partial charge in [0.1, 0.15) is 0 Å². The summed E-state index contributed by atoms with van der Waals surface area (Å²) in [4.78, 5) is 10.4. The third-order valence-corrected chi connectivity index (χ3v) is 3.92. The van der Waals surface area contributed by atoms with Gasteiger partial charge in [0.15, 0.2) is 0 Å². The van der Waals surface area contributed by atoms with Crippen molar-refractivity contribution in [2.75, 3.05) is 0 Å². The van der Waals surface area contributed by atoms with E-state index in [2.05, 4.69) is 6.92 Å². The van der Waals surface area contributed by atoms with Crippen LogP contribution in [0.2, 0.25) is 0 Å². The zero-order chi connectivity index (χ0) is 17.5. The Morgan fingerprint density at radius 3 is 2.13 bits per heavy atom. The summed E-state index contributed by atoms with van der Waals surface area (Å²) < 4.78 is 0. The minimum absolute atomic E-state index is 0.215. The van der Waals surface area contributed by atoms with Crippen LogP contribution in [0.3, 0.4) is 0 Å². The van der Waals surface area contributed by atoms with E-state index in [4.69, 9.17) is 5.11 Å². The van der Waals surface area contributed by atoms with E-state index >= 15 is 0 Å². The molecule has 136 valence electrons. The van der Waals surface area contributed by atoms with Crippen LogP contribution in [0.1, 0.15) is 77.6 Å². The highest BCUT2D eigenvalue weighted by molar-refractivity contribution is 5.66. The molecule has 5 nitrogen and oxygen atoms in total. The Morgan fingerprint density at radius 2 is 1.48 bits per heavy atom. The van der Waals surface area contributed by atoms with Gasteiger partial charge in [-0.15, -0.1) is 0 Å². The molecule has 0 unspecified atom stereocenters. The highest BCUT2D eigenvalue weighted by Gasteiger charge is 2.13. The number of aliphatic carboxylic acids is 1. The topological polar surface area (TPSA) is 98.0 Å². The summed E-state index contributed by atoms with van der Waals surface area (Å²) >= 11 is 0. The Labute approximate surface area is 140 Å². The molecule has 0 aromatic heterocycles. The summed E-state index contributed by atoms with van der Waals surface area (Å²) in [6.45, 7) is 2.11. The molecule has 0 amide bonds. The number of carboxylic acid groups (broad SMARTS) is 1. The van der Waals surface area contributed by atoms with Gasteiger partial charge in [-0.05, 0) is 19.3 Å². The van der Waals surface area contributed by atoms with Crippen LogP contribution in [0.4, 0.5) is 0 Å². The number of aliphatic hydroxyl groups excluding tert-OH is 3. The first kappa shape index (κ1) is 22.1. The molecule has 23 heavy (non-hydrogen) atoms. The average Bonchev–Trinajstić information content (AvgIpc) is 2.51. The molecule has 0 saturated carbocycles. The highest BCUT2D eigenvalue weighted by atomic mass is 16.4. The Balaban J connectivity index is 3.68. The van der Waals surface area contributed by atoms with Gasteiger partial charge >= 0.3 is 5.97 Å². The van der Waals surface area contributed by atoms with E-state index in [1.165, 1.54) is 6.08 Å². The van der Waals surface area contributed by atoms with Gasteiger partial charge in [0, 0.05) is 6.42 Å². The summed E-state index contributed by atoms with van der Waals surface area (Å²) in [7, 11) is 0. The Bertz CT molecular complexity index is 317. The number of aliphatic hydroxyl groups is 3. The molecule has 4 N–H and O–H groups in total. The number of carbonyl (C=O) groups is 1. The second-order valence-corrected chi connectivity index (χ2v) is 6.21. The normalized spacial score (nSPS) is 15.7. The van der Waals surface area contributed by atoms with Crippen molar-refractivity contribution in [3.05, 3.63) is 12.2 Å². The maximum atomic E-state index is 10.4. The molecule has 0 heterocycles. The Hall–Kier alpha value is -0.910. The quantitative estimate of drug-likeness (QED) is 0.273. The SMILES string of the molecule is CCCCC[C@@H](O)/C=C/[C@H](O)[C@H](O)CCCCCCCC(=O)O. The molecule has 0 bridgehead atoms. The maximum Gasteiger partial charge on any atom is 0.303 e. The zero-order valence-electron chi connectivity index (χ0n) is 14.4. The van der Waals surface area contributed by atoms with Crippen molar-refractivity contribution >= 4 is 5.97 Å². The lowest BCUT2D eigenvalue weighted by Crippen LogP contribution is -2.24. The van der Waals surface area contributed by atoms with Crippen molar-refractivity contribution < 1.29 is 25.2 Å². The van der Waals surface area contributed by atoms with Crippen LogP contribution in [0.5, 0.6) is 0 Å². The van der Waals surface area contributed by atoms with Gasteiger partial charge < -0.3 is 20.4 Å². The first-order valence-electron chi connectivity index (χ1n) is 8.91. The fourth-order valence-electron chi connectivity index (χ4n) is 2.40. The fourth-order valence-corrected chi connectivity index (χ4v) is 2.40. The predicted octanol–water partition coefficient (Wildman–Crippen LogP) is 3.02. The lowest BCUT2D eigenvalue weighted by molar-refractivity contribution is -0.137. The van der Waals surface area contributed by atoms with Crippen LogP contribution >= 0.6 is 0 Å². The molecule has 0 spiro atoms. The number of hydrogen-bond donors (Lipinski definition) is 4. The van der Waals surface area contributed by atoms with Crippen molar-refractivity contribution in [1.82, 2.24) is 0 Å². The molecular formula is C18H34O5. The minimum Gasteiger partial charge on any atom is -0.481 e. The van der Waals surface area contributed by atoms with Gasteiger partial charge in [0.2, 0.25) is 0 Å². The lowest BCUT2D eigenvalue weighted by Gasteiger charge is -2.15. The summed E-state index contributed by atoms with van der Waals surface area (Å²) in [5.74, 6) is -0.757. The van der Waals surface area contributed by atoms with Gasteiger partial charge in [-0.3, -0.25) is 4.79 Å². The number of hydrogen-bond acceptors (Lipinski definition) is 4. The molecule has 0 aliphatic heterocycles. The van der Waals surface area contributed by atoms with Gasteiger partial charge in [-0.25, -0.2) is 0 Å². The van der Waals surface area contributed by atoms with E-state index in [1.54, 1.807) is 6.08 Å².